The quantitative estimate of drug-likeness (QED) is 0.433. The van der Waals surface area contributed by atoms with Crippen molar-refractivity contribution in [1.29, 1.82) is 0 Å². The number of hydrogen-bond acceptors (Lipinski definition) is 5. The van der Waals surface area contributed by atoms with E-state index in [1.54, 1.807) is 79.7 Å². The van der Waals surface area contributed by atoms with Gasteiger partial charge in [-0.25, -0.2) is 4.79 Å². The Morgan fingerprint density at radius 1 is 0.909 bits per heavy atom. The Kier molecular flexibility index (Phi) is 5.53. The smallest absolute Gasteiger partial charge is 0.322 e. The van der Waals surface area contributed by atoms with Crippen molar-refractivity contribution in [3.8, 4) is 11.5 Å². The van der Waals surface area contributed by atoms with Gasteiger partial charge in [-0.2, -0.15) is 0 Å². The predicted molar refractivity (Wildman–Crippen MR) is 120 cm³/mol. The molecular weight excluding hydrogens is 424 g/mol. The van der Waals surface area contributed by atoms with E-state index in [4.69, 9.17) is 10.5 Å². The zero-order valence-electron chi connectivity index (χ0n) is 17.5. The van der Waals surface area contributed by atoms with Crippen molar-refractivity contribution < 1.29 is 23.9 Å². The highest BCUT2D eigenvalue weighted by atomic mass is 16.5. The number of ether oxygens (including phenoxy) is 1. The van der Waals surface area contributed by atoms with Crippen LogP contribution in [0.15, 0.2) is 72.8 Å². The van der Waals surface area contributed by atoms with Gasteiger partial charge in [-0.15, -0.1) is 0 Å². The van der Waals surface area contributed by atoms with Gasteiger partial charge in [0.25, 0.3) is 11.8 Å². The van der Waals surface area contributed by atoms with E-state index in [-0.39, 0.29) is 5.91 Å². The molecule has 9 nitrogen and oxygen atoms in total. The van der Waals surface area contributed by atoms with Gasteiger partial charge in [-0.1, -0.05) is 12.1 Å². The number of nitrogens with one attached hydrogen (secondary N) is 3. The molecule has 33 heavy (non-hydrogen) atoms. The fourth-order valence-corrected chi connectivity index (χ4v) is 3.36. The highest BCUT2D eigenvalue weighted by Gasteiger charge is 2.43. The maximum atomic E-state index is 12.7. The molecule has 4 rings (SSSR count). The third-order valence-corrected chi connectivity index (χ3v) is 5.23. The number of carbonyl (C=O) groups excluding carboxylic acids is 4. The summed E-state index contributed by atoms with van der Waals surface area (Å²) in [6.07, 6.45) is 0. The topological polar surface area (TPSA) is 140 Å². The van der Waals surface area contributed by atoms with Crippen LogP contribution < -0.4 is 26.4 Å². The molecule has 166 valence electrons. The van der Waals surface area contributed by atoms with E-state index in [1.807, 2.05) is 0 Å². The zero-order chi connectivity index (χ0) is 23.6. The average Bonchev–Trinajstić information content (AvgIpc) is 3.07. The van der Waals surface area contributed by atoms with Gasteiger partial charge in [0.1, 0.15) is 17.0 Å². The van der Waals surface area contributed by atoms with E-state index in [1.165, 1.54) is 0 Å². The molecule has 0 aliphatic carbocycles. The second-order valence-electron chi connectivity index (χ2n) is 7.58. The minimum absolute atomic E-state index is 0.352. The molecule has 5 amide bonds. The molecule has 1 saturated heterocycles. The summed E-state index contributed by atoms with van der Waals surface area (Å²) in [6.45, 7) is 1.59. The lowest BCUT2D eigenvalue weighted by atomic mass is 9.92. The lowest BCUT2D eigenvalue weighted by Crippen LogP contribution is -2.40. The molecule has 1 fully saturated rings. The highest BCUT2D eigenvalue weighted by molar-refractivity contribution is 6.07. The van der Waals surface area contributed by atoms with E-state index >= 15 is 0 Å². The van der Waals surface area contributed by atoms with Crippen molar-refractivity contribution in [3.05, 3.63) is 89.5 Å². The number of urea groups is 1. The van der Waals surface area contributed by atoms with Crippen molar-refractivity contribution in [2.75, 3.05) is 5.32 Å². The summed E-state index contributed by atoms with van der Waals surface area (Å²) in [5, 5.41) is 7.59. The Balaban J connectivity index is 1.43. The molecule has 0 aromatic heterocycles. The Morgan fingerprint density at radius 2 is 1.52 bits per heavy atom. The molecule has 1 atom stereocenters. The first kappa shape index (κ1) is 21.6. The molecule has 1 unspecified atom stereocenters. The third kappa shape index (κ3) is 4.52. The van der Waals surface area contributed by atoms with E-state index < -0.39 is 23.4 Å². The van der Waals surface area contributed by atoms with Crippen LogP contribution in [0.4, 0.5) is 10.5 Å². The summed E-state index contributed by atoms with van der Waals surface area (Å²) in [4.78, 5) is 47.5. The monoisotopic (exact) mass is 444 g/mol. The molecule has 3 aromatic carbocycles. The molecule has 1 aliphatic heterocycles. The molecule has 0 saturated carbocycles. The molecule has 0 spiro atoms. The van der Waals surface area contributed by atoms with Gasteiger partial charge in [-0.3, -0.25) is 19.7 Å². The van der Waals surface area contributed by atoms with Crippen LogP contribution in [0, 0.1) is 0 Å². The van der Waals surface area contributed by atoms with E-state index in [2.05, 4.69) is 16.0 Å². The SMILES string of the molecule is CC1(c2cccc(NC(=O)c3ccc(Oc4ccc(C(N)=O)cc4)cc3)c2)NC(=O)NC1=O. The van der Waals surface area contributed by atoms with Crippen molar-refractivity contribution in [1.82, 2.24) is 10.6 Å². The Morgan fingerprint density at radius 3 is 2.06 bits per heavy atom. The van der Waals surface area contributed by atoms with Crippen LogP contribution in [0.25, 0.3) is 0 Å². The normalized spacial score (nSPS) is 17.1. The first-order valence-electron chi connectivity index (χ1n) is 9.98. The number of hydrogen-bond donors (Lipinski definition) is 4. The largest absolute Gasteiger partial charge is 0.457 e. The molecule has 3 aromatic rings. The molecule has 0 radical (unpaired) electrons. The van der Waals surface area contributed by atoms with Crippen LogP contribution in [0.1, 0.15) is 33.2 Å². The van der Waals surface area contributed by atoms with Crippen molar-refractivity contribution in [3.63, 3.8) is 0 Å². The number of nitrogens with two attached hydrogens (primary N) is 1. The van der Waals surface area contributed by atoms with Crippen LogP contribution >= 0.6 is 0 Å². The Bertz CT molecular complexity index is 1250. The molecule has 5 N–H and O–H groups in total. The standard InChI is InChI=1S/C24H20N4O5/c1-24(22(31)27-23(32)28-24)16-3-2-4-17(13-16)26-21(30)15-7-11-19(12-8-15)33-18-9-5-14(6-10-18)20(25)29/h2-13H,1H3,(H2,25,29)(H,26,30)(H2,27,28,31,32). The molecule has 9 heteroatoms. The van der Waals surface area contributed by atoms with Gasteiger partial charge in [0.2, 0.25) is 5.91 Å². The van der Waals surface area contributed by atoms with Gasteiger partial charge in [0, 0.05) is 16.8 Å². The van der Waals surface area contributed by atoms with E-state index in [9.17, 15) is 19.2 Å². The summed E-state index contributed by atoms with van der Waals surface area (Å²) in [7, 11) is 0. The zero-order valence-corrected chi connectivity index (χ0v) is 17.5. The summed E-state index contributed by atoms with van der Waals surface area (Å²) >= 11 is 0. The minimum atomic E-state index is -1.22. The lowest BCUT2D eigenvalue weighted by molar-refractivity contribution is -0.123. The van der Waals surface area contributed by atoms with Crippen molar-refractivity contribution in [2.24, 2.45) is 5.73 Å². The molecular formula is C24H20N4O5. The number of rotatable bonds is 6. The van der Waals surface area contributed by atoms with Gasteiger partial charge in [-0.05, 0) is 73.2 Å². The number of benzene rings is 3. The van der Waals surface area contributed by atoms with Crippen molar-refractivity contribution >= 4 is 29.4 Å². The second-order valence-corrected chi connectivity index (χ2v) is 7.58. The number of anilines is 1. The van der Waals surface area contributed by atoms with Gasteiger partial charge in [0.15, 0.2) is 0 Å². The van der Waals surface area contributed by atoms with E-state index in [0.717, 1.165) is 0 Å². The van der Waals surface area contributed by atoms with Crippen LogP contribution in [0.3, 0.4) is 0 Å². The summed E-state index contributed by atoms with van der Waals surface area (Å²) < 4.78 is 5.71. The minimum Gasteiger partial charge on any atom is -0.457 e. The van der Waals surface area contributed by atoms with Gasteiger partial charge < -0.3 is 21.1 Å². The fourth-order valence-electron chi connectivity index (χ4n) is 3.36. The van der Waals surface area contributed by atoms with Crippen LogP contribution in [0.2, 0.25) is 0 Å². The van der Waals surface area contributed by atoms with Crippen LogP contribution in [0.5, 0.6) is 11.5 Å². The second kappa shape index (κ2) is 8.46. The summed E-state index contributed by atoms with van der Waals surface area (Å²) in [6, 6.07) is 19.0. The lowest BCUT2D eigenvalue weighted by Gasteiger charge is -2.21. The van der Waals surface area contributed by atoms with Crippen LogP contribution in [-0.2, 0) is 10.3 Å². The number of primary amides is 1. The Labute approximate surface area is 188 Å². The third-order valence-electron chi connectivity index (χ3n) is 5.23. The van der Waals surface area contributed by atoms with Crippen molar-refractivity contribution in [2.45, 2.75) is 12.5 Å². The predicted octanol–water partition coefficient (Wildman–Crippen LogP) is 2.88. The molecule has 1 aliphatic rings. The number of amides is 5. The first-order chi connectivity index (χ1) is 15.7. The van der Waals surface area contributed by atoms with Crippen LogP contribution in [-0.4, -0.2) is 23.8 Å². The first-order valence-corrected chi connectivity index (χ1v) is 9.98. The van der Waals surface area contributed by atoms with E-state index in [0.29, 0.717) is 33.9 Å². The average molecular weight is 444 g/mol. The molecule has 1 heterocycles. The van der Waals surface area contributed by atoms with Gasteiger partial charge >= 0.3 is 6.03 Å². The van der Waals surface area contributed by atoms with Gasteiger partial charge in [0.05, 0.1) is 0 Å². The maximum absolute atomic E-state index is 12.7. The number of imide groups is 1. The molecule has 0 bridgehead atoms. The summed E-state index contributed by atoms with van der Waals surface area (Å²) in [5.41, 5.74) is 5.79. The summed E-state index contributed by atoms with van der Waals surface area (Å²) in [5.74, 6) is -0.306. The fraction of sp³-hybridized carbons (Fsp3) is 0.0833. The highest BCUT2D eigenvalue weighted by Crippen LogP contribution is 2.27. The Hall–Kier alpha value is -4.66. The number of carbonyl (C=O) groups is 4. The maximum Gasteiger partial charge on any atom is 0.322 e.